The molecule has 60 heavy (non-hydrogen) atoms. The number of carbonyl (C=O) groups excluding carboxylic acids is 6. The van der Waals surface area contributed by atoms with Crippen molar-refractivity contribution in [1.29, 1.82) is 0 Å². The maximum atomic E-state index is 14.5. The van der Waals surface area contributed by atoms with E-state index in [-0.39, 0.29) is 53.7 Å². The van der Waals surface area contributed by atoms with Crippen molar-refractivity contribution in [3.05, 3.63) is 77.1 Å². The number of rotatable bonds is 18. The Bertz CT molecular complexity index is 2200. The highest BCUT2D eigenvalue weighted by Crippen LogP contribution is 2.52. The summed E-state index contributed by atoms with van der Waals surface area (Å²) >= 11 is 0. The third-order valence-corrected chi connectivity index (χ3v) is 12.3. The highest BCUT2D eigenvalue weighted by molar-refractivity contribution is 7.72. The van der Waals surface area contributed by atoms with E-state index in [1.807, 2.05) is 32.0 Å². The van der Waals surface area contributed by atoms with Crippen LogP contribution < -0.4 is 16.0 Å². The van der Waals surface area contributed by atoms with Gasteiger partial charge in [0.15, 0.2) is 5.78 Å². The van der Waals surface area contributed by atoms with Crippen LogP contribution in [0, 0.1) is 22.7 Å². The molecule has 3 atom stereocenters. The van der Waals surface area contributed by atoms with Gasteiger partial charge < -0.3 is 30.4 Å². The number of fused-ring (bicyclic) bond motifs is 1. The van der Waals surface area contributed by atoms with Crippen LogP contribution in [0.3, 0.4) is 0 Å². The van der Waals surface area contributed by atoms with E-state index in [2.05, 4.69) is 16.9 Å². The lowest BCUT2D eigenvalue weighted by Crippen LogP contribution is -2.47. The number of nitrogens with zero attached hydrogens (tertiary/aromatic N) is 1. The van der Waals surface area contributed by atoms with Gasteiger partial charge in [0.25, 0.3) is 5.52 Å². The number of ether oxygens (including phenoxy) is 2. The molecule has 0 fully saturated rings. The average molecular weight is 849 g/mol. The molecule has 0 unspecified atom stereocenters. The first-order valence-electron chi connectivity index (χ1n) is 20.1. The summed E-state index contributed by atoms with van der Waals surface area (Å²) in [5.74, 6) is -2.73. The third-order valence-electron chi connectivity index (χ3n) is 10.7. The van der Waals surface area contributed by atoms with Crippen molar-refractivity contribution in [3.8, 4) is 0 Å². The van der Waals surface area contributed by atoms with E-state index in [4.69, 9.17) is 24.3 Å². The number of aromatic nitrogens is 1. The minimum atomic E-state index is -4.78. The normalized spacial score (nSPS) is 17.2. The van der Waals surface area contributed by atoms with Gasteiger partial charge in [0.05, 0.1) is 28.3 Å². The lowest BCUT2D eigenvalue weighted by Gasteiger charge is -2.33. The van der Waals surface area contributed by atoms with Crippen molar-refractivity contribution in [3.63, 3.8) is 0 Å². The minimum Gasteiger partial charge on any atom is -0.438 e. The van der Waals surface area contributed by atoms with Gasteiger partial charge >= 0.3 is 19.5 Å². The second-order valence-electron chi connectivity index (χ2n) is 17.9. The Morgan fingerprint density at radius 2 is 1.57 bits per heavy atom. The molecule has 5 rings (SSSR count). The molecule has 2 amide bonds. The van der Waals surface area contributed by atoms with Gasteiger partial charge in [-0.25, -0.2) is 0 Å². The molecule has 0 radical (unpaired) electrons. The quantitative estimate of drug-likeness (QED) is 0.0506. The number of amides is 2. The molecule has 2 aliphatic heterocycles. The molecule has 2 aliphatic rings. The predicted molar refractivity (Wildman–Crippen MR) is 225 cm³/mol. The number of Topliss-reactive ketones (excluding diaryl/α,β-unsaturated/α-hetero) is 1. The molecular weight excluding hydrogens is 791 g/mol. The summed E-state index contributed by atoms with van der Waals surface area (Å²) < 4.78 is 34.7. The molecule has 16 heteroatoms. The Morgan fingerprint density at radius 1 is 0.950 bits per heavy atom. The predicted octanol–water partition coefficient (Wildman–Crippen LogP) is 7.11. The number of hydrogen-bond acceptors (Lipinski definition) is 12. The van der Waals surface area contributed by atoms with Crippen molar-refractivity contribution in [2.75, 3.05) is 18.5 Å². The van der Waals surface area contributed by atoms with Gasteiger partial charge in [0.2, 0.25) is 25.4 Å². The zero-order chi connectivity index (χ0) is 44.3. The van der Waals surface area contributed by atoms with Crippen LogP contribution in [0.15, 0.2) is 54.7 Å². The van der Waals surface area contributed by atoms with Crippen molar-refractivity contribution < 1.29 is 51.9 Å². The number of carbonyl (C=O) groups is 6. The summed E-state index contributed by atoms with van der Waals surface area (Å²) in [6, 6.07) is 11.4. The van der Waals surface area contributed by atoms with Gasteiger partial charge in [-0.1, -0.05) is 38.6 Å². The second-order valence-corrected chi connectivity index (χ2v) is 19.8. The van der Waals surface area contributed by atoms with E-state index in [1.54, 1.807) is 52.5 Å². The number of hydrogen-bond donors (Lipinski definition) is 3. The highest BCUT2D eigenvalue weighted by atomic mass is 31.2. The van der Waals surface area contributed by atoms with Gasteiger partial charge in [0, 0.05) is 53.4 Å². The molecule has 4 N–H and O–H groups in total. The molecule has 3 heterocycles. The van der Waals surface area contributed by atoms with Gasteiger partial charge in [-0.05, 0) is 102 Å². The van der Waals surface area contributed by atoms with E-state index in [9.17, 15) is 33.3 Å². The monoisotopic (exact) mass is 848 g/mol. The number of ketones is 1. The van der Waals surface area contributed by atoms with Crippen molar-refractivity contribution in [2.24, 2.45) is 28.4 Å². The number of H-pyrrole nitrogens is 1. The molecule has 0 aliphatic carbocycles. The van der Waals surface area contributed by atoms with Crippen molar-refractivity contribution in [1.82, 2.24) is 10.3 Å². The highest BCUT2D eigenvalue weighted by Gasteiger charge is 2.43. The Balaban J connectivity index is 1.34. The number of benzene rings is 2. The maximum absolute atomic E-state index is 14.5. The van der Waals surface area contributed by atoms with Crippen LogP contribution in [0.1, 0.15) is 113 Å². The molecule has 0 bridgehead atoms. The molecular formula is C44H57N4O11P. The summed E-state index contributed by atoms with van der Waals surface area (Å²) in [6.07, 6.45) is 2.24. The number of primary amides is 1. The fourth-order valence-electron chi connectivity index (χ4n) is 7.16. The number of anilines is 1. The molecule has 324 valence electrons. The lowest BCUT2D eigenvalue weighted by atomic mass is 9.92. The Labute approximate surface area is 350 Å². The first-order valence-corrected chi connectivity index (χ1v) is 21.7. The summed E-state index contributed by atoms with van der Waals surface area (Å²) in [5, 5.41) is 3.92. The van der Waals surface area contributed by atoms with Crippen molar-refractivity contribution >= 4 is 59.2 Å². The first-order chi connectivity index (χ1) is 28.0. The van der Waals surface area contributed by atoms with Crippen molar-refractivity contribution in [2.45, 2.75) is 106 Å². The van der Waals surface area contributed by atoms with E-state index in [1.165, 1.54) is 18.2 Å². The lowest BCUT2D eigenvalue weighted by molar-refractivity contribution is -0.161. The van der Waals surface area contributed by atoms with Gasteiger partial charge in [0.1, 0.15) is 0 Å². The molecule has 1 aromatic heterocycles. The summed E-state index contributed by atoms with van der Waals surface area (Å²) in [5.41, 5.74) is 6.67. The smallest absolute Gasteiger partial charge is 0.407 e. The Kier molecular flexibility index (Phi) is 14.0. The first kappa shape index (κ1) is 46.0. The minimum absolute atomic E-state index is 0.0887. The van der Waals surface area contributed by atoms with E-state index < -0.39 is 61.4 Å². The van der Waals surface area contributed by atoms with Crippen LogP contribution in [0.5, 0.6) is 0 Å². The Hall–Kier alpha value is -5.11. The zero-order valence-corrected chi connectivity index (χ0v) is 36.6. The number of aromatic amines is 1. The van der Waals surface area contributed by atoms with Crippen LogP contribution in [-0.4, -0.2) is 65.7 Å². The average Bonchev–Trinajstić information content (AvgIpc) is 3.75. The fourth-order valence-corrected chi connectivity index (χ4v) is 8.30. The fraction of sp³-hybridized carbons (Fsp3) is 0.500. The largest absolute Gasteiger partial charge is 0.438 e. The number of esters is 2. The molecule has 0 saturated carbocycles. The Morgan fingerprint density at radius 3 is 2.15 bits per heavy atom. The number of nitrogens with two attached hydrogens (primary N) is 1. The van der Waals surface area contributed by atoms with Gasteiger partial charge in [-0.3, -0.25) is 42.4 Å². The number of nitrogens with one attached hydrogen (secondary N) is 2. The van der Waals surface area contributed by atoms with Crippen LogP contribution in [-0.2, 0) is 55.1 Å². The summed E-state index contributed by atoms with van der Waals surface area (Å²) in [4.78, 5) is 83.3. The van der Waals surface area contributed by atoms with Gasteiger partial charge in [-0.2, -0.15) is 0 Å². The summed E-state index contributed by atoms with van der Waals surface area (Å²) in [6.45, 7) is 16.3. The van der Waals surface area contributed by atoms with Crippen LogP contribution in [0.4, 0.5) is 5.69 Å². The molecule has 3 aromatic rings. The topological polar surface area (TPSA) is 213 Å². The van der Waals surface area contributed by atoms with Crippen LogP contribution >= 0.6 is 7.60 Å². The second kappa shape index (κ2) is 18.2. The third kappa shape index (κ3) is 10.6. The van der Waals surface area contributed by atoms with Gasteiger partial charge in [-0.15, -0.1) is 0 Å². The summed E-state index contributed by atoms with van der Waals surface area (Å²) in [7, 11) is -4.78. The van der Waals surface area contributed by atoms with E-state index >= 15 is 0 Å². The number of para-hydroxylation sites is 1. The molecule has 0 spiro atoms. The van der Waals surface area contributed by atoms with Crippen LogP contribution in [0.2, 0.25) is 0 Å². The standard InChI is InChI=1S/C44H57N4O11P/c1-25(2)32(17-18-37(45)50)46-26(3)35-21-28-12-10-11-27-13-14-29(39(51)48(35)38(27)28)22-36(49)34-20-31-19-30(15-16-33(31)47-34)40(52)60(55,58-23-56-41(53)43(4,5)6)59-24-57-42(54)44(7,8)9/h10-12,15-16,19-20,25,29,32,35,46-47H,3,13-14,17-18,21-24H2,1-2,4-9H3,(H2,45,50)/t29-,32+,35+/m1/s1. The van der Waals surface area contributed by atoms with Crippen LogP contribution in [0.25, 0.3) is 10.9 Å². The SMILES string of the molecule is C=C(N[C@@H](CCC(N)=O)C(C)C)[C@@H]1Cc2cccc3c2N1C(=O)[C@@H](CC(=O)c1cc2cc(C(=O)P(=O)(OCOC(=O)C(C)(C)C)OCOC(=O)C(C)(C)C)ccc2[nH]1)CC3. The molecule has 0 saturated heterocycles. The zero-order valence-electron chi connectivity index (χ0n) is 35.7. The maximum Gasteiger partial charge on any atom is 0.407 e. The van der Waals surface area contributed by atoms with E-state index in [0.717, 1.165) is 16.8 Å². The number of aryl methyl sites for hydroxylation is 1. The molecule has 2 aromatic carbocycles. The van der Waals surface area contributed by atoms with E-state index in [0.29, 0.717) is 42.3 Å². The molecule has 15 nitrogen and oxygen atoms in total.